The van der Waals surface area contributed by atoms with Crippen LogP contribution in [0.5, 0.6) is 5.75 Å². The van der Waals surface area contributed by atoms with E-state index < -0.39 is 0 Å². The molecule has 0 saturated heterocycles. The standard InChI is InChI=1S/C15H18N2O2S/c1-11-9-17-15(20-11)10-16-14(18)7-6-12-4-3-5-13(8-12)19-2/h3-5,8-9H,6-7,10H2,1-2H3,(H,16,18). The smallest absolute Gasteiger partial charge is 0.220 e. The van der Waals surface area contributed by atoms with Gasteiger partial charge in [-0.2, -0.15) is 0 Å². The van der Waals surface area contributed by atoms with E-state index in [0.29, 0.717) is 19.4 Å². The van der Waals surface area contributed by atoms with Crippen LogP contribution in [0.15, 0.2) is 30.5 Å². The maximum absolute atomic E-state index is 11.8. The van der Waals surface area contributed by atoms with Crippen molar-refractivity contribution in [3.63, 3.8) is 0 Å². The molecule has 1 N–H and O–H groups in total. The summed E-state index contributed by atoms with van der Waals surface area (Å²) < 4.78 is 5.16. The first-order valence-corrected chi connectivity index (χ1v) is 7.30. The number of aromatic nitrogens is 1. The highest BCUT2D eigenvalue weighted by Gasteiger charge is 2.05. The summed E-state index contributed by atoms with van der Waals surface area (Å²) in [6.45, 7) is 2.52. The third-order valence-corrected chi connectivity index (χ3v) is 3.79. The molecule has 1 aromatic heterocycles. The molecule has 0 bridgehead atoms. The van der Waals surface area contributed by atoms with E-state index in [-0.39, 0.29) is 5.91 Å². The second kappa shape index (κ2) is 7.05. The molecule has 1 aromatic carbocycles. The molecule has 1 heterocycles. The van der Waals surface area contributed by atoms with Crippen molar-refractivity contribution < 1.29 is 9.53 Å². The van der Waals surface area contributed by atoms with Crippen LogP contribution in [0, 0.1) is 6.92 Å². The fourth-order valence-corrected chi connectivity index (χ4v) is 2.56. The lowest BCUT2D eigenvalue weighted by Crippen LogP contribution is -2.22. The summed E-state index contributed by atoms with van der Waals surface area (Å²) in [7, 11) is 1.64. The molecular formula is C15H18N2O2S. The molecule has 106 valence electrons. The number of ether oxygens (including phenoxy) is 1. The largest absolute Gasteiger partial charge is 0.497 e. The zero-order valence-corrected chi connectivity index (χ0v) is 12.5. The Labute approximate surface area is 122 Å². The number of nitrogens with zero attached hydrogens (tertiary/aromatic N) is 1. The monoisotopic (exact) mass is 290 g/mol. The molecule has 0 unspecified atom stereocenters. The molecule has 2 aromatic rings. The van der Waals surface area contributed by atoms with E-state index in [1.165, 1.54) is 0 Å². The van der Waals surface area contributed by atoms with Gasteiger partial charge in [0.1, 0.15) is 10.8 Å². The summed E-state index contributed by atoms with van der Waals surface area (Å²) in [6.07, 6.45) is 3.00. The van der Waals surface area contributed by atoms with Crippen molar-refractivity contribution in [2.45, 2.75) is 26.3 Å². The number of hydrogen-bond acceptors (Lipinski definition) is 4. The number of rotatable bonds is 6. The second-order valence-corrected chi connectivity index (χ2v) is 5.81. The highest BCUT2D eigenvalue weighted by Crippen LogP contribution is 2.14. The molecule has 5 heteroatoms. The summed E-state index contributed by atoms with van der Waals surface area (Å²) in [5.41, 5.74) is 1.10. The van der Waals surface area contributed by atoms with E-state index in [9.17, 15) is 4.79 Å². The van der Waals surface area contributed by atoms with Crippen molar-refractivity contribution in [1.29, 1.82) is 0 Å². The molecular weight excluding hydrogens is 272 g/mol. The lowest BCUT2D eigenvalue weighted by atomic mass is 10.1. The fourth-order valence-electron chi connectivity index (χ4n) is 1.83. The van der Waals surface area contributed by atoms with E-state index in [1.54, 1.807) is 18.4 Å². The van der Waals surface area contributed by atoms with Crippen molar-refractivity contribution in [1.82, 2.24) is 10.3 Å². The summed E-state index contributed by atoms with van der Waals surface area (Å²) in [5.74, 6) is 0.863. The van der Waals surface area contributed by atoms with Crippen LogP contribution in [-0.4, -0.2) is 18.0 Å². The Hall–Kier alpha value is -1.88. The van der Waals surface area contributed by atoms with Gasteiger partial charge in [0.25, 0.3) is 0 Å². The highest BCUT2D eigenvalue weighted by atomic mass is 32.1. The van der Waals surface area contributed by atoms with Crippen LogP contribution in [0.1, 0.15) is 21.9 Å². The third kappa shape index (κ3) is 4.35. The SMILES string of the molecule is COc1cccc(CCC(=O)NCc2ncc(C)s2)c1. The van der Waals surface area contributed by atoms with Gasteiger partial charge in [0.05, 0.1) is 13.7 Å². The van der Waals surface area contributed by atoms with Crippen molar-refractivity contribution >= 4 is 17.2 Å². The average Bonchev–Trinajstić information content (AvgIpc) is 2.89. The summed E-state index contributed by atoms with van der Waals surface area (Å²) >= 11 is 1.61. The Balaban J connectivity index is 1.77. The predicted molar refractivity (Wildman–Crippen MR) is 80.0 cm³/mol. The van der Waals surface area contributed by atoms with Gasteiger partial charge in [-0.25, -0.2) is 4.98 Å². The lowest BCUT2D eigenvalue weighted by molar-refractivity contribution is -0.121. The van der Waals surface area contributed by atoms with Gasteiger partial charge < -0.3 is 10.1 Å². The van der Waals surface area contributed by atoms with E-state index in [0.717, 1.165) is 21.2 Å². The Bertz CT molecular complexity index is 581. The van der Waals surface area contributed by atoms with Crippen molar-refractivity contribution in [3.8, 4) is 5.75 Å². The Morgan fingerprint density at radius 1 is 1.45 bits per heavy atom. The number of carbonyl (C=O) groups excluding carboxylic acids is 1. The number of aryl methyl sites for hydroxylation is 2. The van der Waals surface area contributed by atoms with Gasteiger partial charge in [0.2, 0.25) is 5.91 Å². The highest BCUT2D eigenvalue weighted by molar-refractivity contribution is 7.11. The molecule has 20 heavy (non-hydrogen) atoms. The predicted octanol–water partition coefficient (Wildman–Crippen LogP) is 2.71. The normalized spacial score (nSPS) is 10.3. The van der Waals surface area contributed by atoms with Crippen molar-refractivity contribution in [2.75, 3.05) is 7.11 Å². The molecule has 0 aliphatic heterocycles. The first-order valence-electron chi connectivity index (χ1n) is 6.48. The maximum atomic E-state index is 11.8. The fraction of sp³-hybridized carbons (Fsp3) is 0.333. The average molecular weight is 290 g/mol. The summed E-state index contributed by atoms with van der Waals surface area (Å²) in [4.78, 5) is 17.2. The van der Waals surface area contributed by atoms with Crippen LogP contribution >= 0.6 is 11.3 Å². The number of methoxy groups -OCH3 is 1. The van der Waals surface area contributed by atoms with Crippen molar-refractivity contribution in [3.05, 3.63) is 45.9 Å². The van der Waals surface area contributed by atoms with Gasteiger partial charge in [-0.3, -0.25) is 4.79 Å². The Morgan fingerprint density at radius 3 is 3.00 bits per heavy atom. The molecule has 0 saturated carbocycles. The minimum atomic E-state index is 0.0423. The molecule has 0 radical (unpaired) electrons. The van der Waals surface area contributed by atoms with Gasteiger partial charge in [-0.15, -0.1) is 11.3 Å². The molecule has 0 aliphatic rings. The topological polar surface area (TPSA) is 51.2 Å². The van der Waals surface area contributed by atoms with Gasteiger partial charge in [0.15, 0.2) is 0 Å². The number of nitrogens with one attached hydrogen (secondary N) is 1. The van der Waals surface area contributed by atoms with Crippen LogP contribution in [-0.2, 0) is 17.8 Å². The summed E-state index contributed by atoms with van der Waals surface area (Å²) in [5, 5.41) is 3.83. The molecule has 0 aliphatic carbocycles. The van der Waals surface area contributed by atoms with Gasteiger partial charge >= 0.3 is 0 Å². The molecule has 0 spiro atoms. The van der Waals surface area contributed by atoms with E-state index in [2.05, 4.69) is 10.3 Å². The quantitative estimate of drug-likeness (QED) is 0.890. The molecule has 2 rings (SSSR count). The van der Waals surface area contributed by atoms with E-state index >= 15 is 0 Å². The molecule has 0 fully saturated rings. The van der Waals surface area contributed by atoms with Crippen LogP contribution in [0.2, 0.25) is 0 Å². The Kier molecular flexibility index (Phi) is 5.12. The zero-order valence-electron chi connectivity index (χ0n) is 11.7. The lowest BCUT2D eigenvalue weighted by Gasteiger charge is -2.05. The minimum absolute atomic E-state index is 0.0423. The number of benzene rings is 1. The first kappa shape index (κ1) is 14.5. The van der Waals surface area contributed by atoms with Gasteiger partial charge in [-0.05, 0) is 31.0 Å². The van der Waals surface area contributed by atoms with Gasteiger partial charge in [-0.1, -0.05) is 12.1 Å². The van der Waals surface area contributed by atoms with E-state index in [4.69, 9.17) is 4.74 Å². The van der Waals surface area contributed by atoms with Crippen molar-refractivity contribution in [2.24, 2.45) is 0 Å². The second-order valence-electron chi connectivity index (χ2n) is 4.49. The van der Waals surface area contributed by atoms with Crippen LogP contribution < -0.4 is 10.1 Å². The number of carbonyl (C=O) groups is 1. The maximum Gasteiger partial charge on any atom is 0.220 e. The van der Waals surface area contributed by atoms with E-state index in [1.807, 2.05) is 37.4 Å². The minimum Gasteiger partial charge on any atom is -0.497 e. The number of hydrogen-bond donors (Lipinski definition) is 1. The zero-order chi connectivity index (χ0) is 14.4. The third-order valence-electron chi connectivity index (χ3n) is 2.88. The number of amides is 1. The number of thiazole rings is 1. The van der Waals surface area contributed by atoms with Crippen LogP contribution in [0.3, 0.4) is 0 Å². The molecule has 1 amide bonds. The van der Waals surface area contributed by atoms with Crippen LogP contribution in [0.4, 0.5) is 0 Å². The van der Waals surface area contributed by atoms with Gasteiger partial charge in [0, 0.05) is 17.5 Å². The first-order chi connectivity index (χ1) is 9.67. The summed E-state index contributed by atoms with van der Waals surface area (Å²) in [6, 6.07) is 7.79. The van der Waals surface area contributed by atoms with Crippen LogP contribution in [0.25, 0.3) is 0 Å². The Morgan fingerprint density at radius 2 is 2.30 bits per heavy atom. The molecule has 0 atom stereocenters. The molecule has 4 nitrogen and oxygen atoms in total.